The van der Waals surface area contributed by atoms with Crippen molar-refractivity contribution in [2.45, 2.75) is 0 Å². The quantitative estimate of drug-likeness (QED) is 0.337. The maximum Gasteiger partial charge on any atom is 2.00 e. The van der Waals surface area contributed by atoms with E-state index in [0.717, 1.165) is 0 Å². The second-order valence-corrected chi connectivity index (χ2v) is 0. The molecule has 0 aliphatic rings. The van der Waals surface area contributed by atoms with Gasteiger partial charge in [0.1, 0.15) is 0 Å². The summed E-state index contributed by atoms with van der Waals surface area (Å²) in [4.78, 5) is 0. The maximum atomic E-state index is 0. The van der Waals surface area contributed by atoms with Gasteiger partial charge in [-0.3, -0.25) is 0 Å². The van der Waals surface area contributed by atoms with E-state index in [1.54, 1.807) is 0 Å². The van der Waals surface area contributed by atoms with Crippen LogP contribution in [0.15, 0.2) is 0 Å². The number of hydrogen-bond acceptors (Lipinski definition) is 0. The summed E-state index contributed by atoms with van der Waals surface area (Å²) in [5.41, 5.74) is 0. The Morgan fingerprint density at radius 1 is 1.00 bits per heavy atom. The van der Waals surface area contributed by atoms with Gasteiger partial charge in [-0.1, -0.05) is 0 Å². The van der Waals surface area contributed by atoms with E-state index in [9.17, 15) is 0 Å². The van der Waals surface area contributed by atoms with Crippen molar-refractivity contribution in [1.29, 1.82) is 0 Å². The van der Waals surface area contributed by atoms with E-state index in [-0.39, 0.29) is 71.3 Å². The van der Waals surface area contributed by atoms with Gasteiger partial charge in [0.25, 0.3) is 0 Å². The van der Waals surface area contributed by atoms with Gasteiger partial charge >= 0.3 is 41.9 Å². The van der Waals surface area contributed by atoms with Gasteiger partial charge in [-0.25, -0.2) is 0 Å². The van der Waals surface area contributed by atoms with Crippen molar-refractivity contribution in [2.75, 3.05) is 0 Å². The molecule has 0 spiro atoms. The Labute approximate surface area is 70.6 Å². The summed E-state index contributed by atoms with van der Waals surface area (Å²) in [6, 6.07) is 0. The van der Waals surface area contributed by atoms with Crippen LogP contribution in [0.25, 0.3) is 0 Å². The fraction of sp³-hybridized carbons (Fsp3) is 0. The minimum atomic E-state index is 0. The molecule has 0 radical (unpaired) electrons. The zero-order valence-electron chi connectivity index (χ0n) is 2.52. The molecule has 0 bridgehead atoms. The molecular formula is H2BrClLiMg+3. The van der Waals surface area contributed by atoms with E-state index < -0.39 is 0 Å². The normalized spacial score (nSPS) is 0. The van der Waals surface area contributed by atoms with Crippen LogP contribution in [-0.4, -0.2) is 23.1 Å². The van der Waals surface area contributed by atoms with Crippen molar-refractivity contribution < 1.29 is 18.9 Å². The SMILES string of the molecule is Br.Cl.[Li+].[Mg+2]. The largest absolute Gasteiger partial charge is 2.00 e. The second-order valence-electron chi connectivity index (χ2n) is 0. The van der Waals surface area contributed by atoms with E-state index in [0.29, 0.717) is 0 Å². The van der Waals surface area contributed by atoms with Crippen molar-refractivity contribution in [3.05, 3.63) is 0 Å². The summed E-state index contributed by atoms with van der Waals surface area (Å²) in [6.45, 7) is 0. The van der Waals surface area contributed by atoms with E-state index in [4.69, 9.17) is 0 Å². The zero-order chi connectivity index (χ0) is 0. The molecule has 0 aromatic rings. The van der Waals surface area contributed by atoms with Gasteiger partial charge in [0, 0.05) is 0 Å². The van der Waals surface area contributed by atoms with Crippen LogP contribution in [0.4, 0.5) is 0 Å². The molecule has 0 saturated carbocycles. The predicted octanol–water partition coefficient (Wildman–Crippen LogP) is -2.38. The van der Waals surface area contributed by atoms with E-state index in [1.165, 1.54) is 0 Å². The first-order chi connectivity index (χ1) is 0. The summed E-state index contributed by atoms with van der Waals surface area (Å²) in [7, 11) is 0. The second kappa shape index (κ2) is 19.3. The third-order valence-corrected chi connectivity index (χ3v) is 0. The van der Waals surface area contributed by atoms with E-state index >= 15 is 0 Å². The van der Waals surface area contributed by atoms with Gasteiger partial charge in [0.05, 0.1) is 0 Å². The molecule has 0 aromatic carbocycles. The molecule has 16 valence electrons. The molecule has 4 heteroatoms. The van der Waals surface area contributed by atoms with E-state index in [2.05, 4.69) is 0 Å². The molecule has 0 aromatic heterocycles. The van der Waals surface area contributed by atoms with Gasteiger partial charge in [-0.15, -0.1) is 29.4 Å². The van der Waals surface area contributed by atoms with Crippen LogP contribution in [0.5, 0.6) is 0 Å². The average Bonchev–Trinajstić information content (AvgIpc) is 0. The van der Waals surface area contributed by atoms with Crippen LogP contribution < -0.4 is 18.9 Å². The molecule has 0 atom stereocenters. The Bertz CT molecular complexity index is 8.00. The average molecular weight is 149 g/mol. The fourth-order valence-corrected chi connectivity index (χ4v) is 0. The number of hydrogen-bond donors (Lipinski definition) is 0. The molecule has 0 unspecified atom stereocenters. The van der Waals surface area contributed by atoms with Gasteiger partial charge < -0.3 is 0 Å². The summed E-state index contributed by atoms with van der Waals surface area (Å²) in [6.07, 6.45) is 0. The Morgan fingerprint density at radius 3 is 1.00 bits per heavy atom. The van der Waals surface area contributed by atoms with Crippen LogP contribution in [0, 0.1) is 0 Å². The zero-order valence-corrected chi connectivity index (χ0v) is 6.47. The van der Waals surface area contributed by atoms with Gasteiger partial charge in [0.15, 0.2) is 0 Å². The molecule has 0 saturated heterocycles. The van der Waals surface area contributed by atoms with Crippen LogP contribution in [0.3, 0.4) is 0 Å². The molecule has 0 N–H and O–H groups in total. The Kier molecular flexibility index (Phi) is 171. The molecule has 0 amide bonds. The predicted molar refractivity (Wildman–Crippen MR) is 23.3 cm³/mol. The fourth-order valence-electron chi connectivity index (χ4n) is 0. The van der Waals surface area contributed by atoms with Crippen molar-refractivity contribution in [2.24, 2.45) is 0 Å². The number of halogens is 2. The number of rotatable bonds is 0. The van der Waals surface area contributed by atoms with Crippen LogP contribution in [-0.2, 0) is 0 Å². The molecule has 0 fully saturated rings. The van der Waals surface area contributed by atoms with Crippen LogP contribution >= 0.6 is 29.4 Å². The van der Waals surface area contributed by atoms with Crippen molar-refractivity contribution in [3.63, 3.8) is 0 Å². The van der Waals surface area contributed by atoms with Crippen molar-refractivity contribution in [3.8, 4) is 0 Å². The molecular weight excluding hydrogens is 147 g/mol. The van der Waals surface area contributed by atoms with Gasteiger partial charge in [0.2, 0.25) is 0 Å². The van der Waals surface area contributed by atoms with E-state index in [1.807, 2.05) is 0 Å². The summed E-state index contributed by atoms with van der Waals surface area (Å²) in [5.74, 6) is 0. The van der Waals surface area contributed by atoms with Gasteiger partial charge in [-0.2, -0.15) is 0 Å². The molecule has 0 heterocycles. The monoisotopic (exact) mass is 147 g/mol. The first-order valence-electron chi connectivity index (χ1n) is 0. The Hall–Kier alpha value is 2.13. The van der Waals surface area contributed by atoms with Crippen LogP contribution in [0.1, 0.15) is 0 Å². The van der Waals surface area contributed by atoms with Crippen molar-refractivity contribution >= 4 is 52.4 Å². The maximum absolute atomic E-state index is 0. The Morgan fingerprint density at radius 2 is 1.00 bits per heavy atom. The first kappa shape index (κ1) is 35.5. The molecule has 4 heavy (non-hydrogen) atoms. The van der Waals surface area contributed by atoms with Gasteiger partial charge in [-0.05, 0) is 0 Å². The third-order valence-electron chi connectivity index (χ3n) is 0. The Balaban J connectivity index is 0. The standard InChI is InChI=1S/BrH.ClH.Li.Mg/h2*1H;;/q;;+1;+2. The molecule has 0 nitrogen and oxygen atoms in total. The minimum absolute atomic E-state index is 0. The van der Waals surface area contributed by atoms with Crippen LogP contribution in [0.2, 0.25) is 0 Å². The molecule has 0 aliphatic carbocycles. The summed E-state index contributed by atoms with van der Waals surface area (Å²) in [5, 5.41) is 0. The van der Waals surface area contributed by atoms with Crippen molar-refractivity contribution in [1.82, 2.24) is 0 Å². The summed E-state index contributed by atoms with van der Waals surface area (Å²) < 4.78 is 0. The topological polar surface area (TPSA) is 0 Å². The third kappa shape index (κ3) is 8.92. The minimum Gasteiger partial charge on any atom is -0.147 e. The smallest absolute Gasteiger partial charge is 0.147 e. The summed E-state index contributed by atoms with van der Waals surface area (Å²) >= 11 is 0. The molecule has 0 rings (SSSR count). The molecule has 0 aliphatic heterocycles. The first-order valence-corrected chi connectivity index (χ1v) is 0.